The Morgan fingerprint density at radius 1 is 1.04 bits per heavy atom. The highest BCUT2D eigenvalue weighted by Gasteiger charge is 2.30. The van der Waals surface area contributed by atoms with Crippen LogP contribution in [0.1, 0.15) is 0 Å². The van der Waals surface area contributed by atoms with Gasteiger partial charge in [-0.3, -0.25) is 9.69 Å². The van der Waals surface area contributed by atoms with Gasteiger partial charge >= 0.3 is 6.03 Å². The zero-order valence-corrected chi connectivity index (χ0v) is 14.8. The molecule has 7 heteroatoms. The minimum atomic E-state index is -0.264. The van der Waals surface area contributed by atoms with Crippen LogP contribution >= 0.6 is 0 Å². The molecule has 0 atom stereocenters. The van der Waals surface area contributed by atoms with Crippen LogP contribution in [-0.4, -0.2) is 50.7 Å². The number of amides is 3. The number of hydrogen-bond acceptors (Lipinski definition) is 4. The fourth-order valence-corrected chi connectivity index (χ4v) is 2.84. The average Bonchev–Trinajstić information content (AvgIpc) is 3.02. The van der Waals surface area contributed by atoms with Crippen LogP contribution in [0.25, 0.3) is 0 Å². The summed E-state index contributed by atoms with van der Waals surface area (Å²) in [6, 6.07) is 14.2. The van der Waals surface area contributed by atoms with E-state index in [0.717, 1.165) is 11.4 Å². The number of methoxy groups -OCH3 is 2. The Kier molecular flexibility index (Phi) is 5.26. The van der Waals surface area contributed by atoms with Crippen molar-refractivity contribution in [2.24, 2.45) is 0 Å². The van der Waals surface area contributed by atoms with Crippen LogP contribution in [0, 0.1) is 0 Å². The number of nitrogens with one attached hydrogen (secondary N) is 1. The van der Waals surface area contributed by atoms with Crippen molar-refractivity contribution in [3.05, 3.63) is 48.5 Å². The smallest absolute Gasteiger partial charge is 0.325 e. The summed E-state index contributed by atoms with van der Waals surface area (Å²) in [5, 5.41) is 2.79. The molecular formula is C19H21N3O4. The van der Waals surface area contributed by atoms with Crippen molar-refractivity contribution in [1.82, 2.24) is 4.90 Å². The number of para-hydroxylation sites is 2. The molecule has 1 fully saturated rings. The third kappa shape index (κ3) is 3.72. The number of ether oxygens (including phenoxy) is 2. The first-order valence-corrected chi connectivity index (χ1v) is 8.25. The SMILES string of the molecule is COc1ccc(N2CCN(CC(=O)Nc3ccccc3OC)C2=O)cc1. The number of urea groups is 1. The zero-order valence-electron chi connectivity index (χ0n) is 14.8. The second kappa shape index (κ2) is 7.77. The van der Waals surface area contributed by atoms with Gasteiger partial charge in [-0.2, -0.15) is 0 Å². The van der Waals surface area contributed by atoms with E-state index < -0.39 is 0 Å². The van der Waals surface area contributed by atoms with E-state index in [1.165, 1.54) is 4.90 Å². The Morgan fingerprint density at radius 2 is 1.77 bits per heavy atom. The van der Waals surface area contributed by atoms with Crippen molar-refractivity contribution in [3.63, 3.8) is 0 Å². The molecule has 1 N–H and O–H groups in total. The van der Waals surface area contributed by atoms with Gasteiger partial charge in [0.1, 0.15) is 18.0 Å². The quantitative estimate of drug-likeness (QED) is 0.865. The fraction of sp³-hybridized carbons (Fsp3) is 0.263. The third-order valence-electron chi connectivity index (χ3n) is 4.19. The van der Waals surface area contributed by atoms with Gasteiger partial charge in [-0.1, -0.05) is 12.1 Å². The maximum atomic E-state index is 12.6. The monoisotopic (exact) mass is 355 g/mol. The summed E-state index contributed by atoms with van der Waals surface area (Å²) in [7, 11) is 3.14. The molecule has 0 radical (unpaired) electrons. The van der Waals surface area contributed by atoms with E-state index in [9.17, 15) is 9.59 Å². The molecule has 0 bridgehead atoms. The lowest BCUT2D eigenvalue weighted by Gasteiger charge is -2.19. The van der Waals surface area contributed by atoms with Gasteiger partial charge in [0.15, 0.2) is 0 Å². The van der Waals surface area contributed by atoms with E-state index in [4.69, 9.17) is 9.47 Å². The number of benzene rings is 2. The predicted molar refractivity (Wildman–Crippen MR) is 98.9 cm³/mol. The van der Waals surface area contributed by atoms with Crippen molar-refractivity contribution >= 4 is 23.3 Å². The van der Waals surface area contributed by atoms with E-state index >= 15 is 0 Å². The highest BCUT2D eigenvalue weighted by Crippen LogP contribution is 2.24. The topological polar surface area (TPSA) is 71.1 Å². The maximum absolute atomic E-state index is 12.6. The van der Waals surface area contributed by atoms with Crippen LogP contribution in [-0.2, 0) is 4.79 Å². The second-order valence-corrected chi connectivity index (χ2v) is 5.80. The normalized spacial score (nSPS) is 13.7. The van der Waals surface area contributed by atoms with E-state index in [-0.39, 0.29) is 18.5 Å². The molecule has 3 rings (SSSR count). The molecule has 0 saturated carbocycles. The second-order valence-electron chi connectivity index (χ2n) is 5.80. The molecule has 26 heavy (non-hydrogen) atoms. The Balaban J connectivity index is 1.62. The number of carbonyl (C=O) groups excluding carboxylic acids is 2. The summed E-state index contributed by atoms with van der Waals surface area (Å²) in [5.41, 5.74) is 1.36. The lowest BCUT2D eigenvalue weighted by molar-refractivity contribution is -0.116. The largest absolute Gasteiger partial charge is 0.497 e. The van der Waals surface area contributed by atoms with Crippen LogP contribution in [0.15, 0.2) is 48.5 Å². The van der Waals surface area contributed by atoms with Crippen LogP contribution < -0.4 is 19.7 Å². The van der Waals surface area contributed by atoms with Gasteiger partial charge in [0, 0.05) is 18.8 Å². The predicted octanol–water partition coefficient (Wildman–Crippen LogP) is 2.58. The highest BCUT2D eigenvalue weighted by atomic mass is 16.5. The lowest BCUT2D eigenvalue weighted by atomic mass is 10.3. The molecule has 0 unspecified atom stereocenters. The molecule has 0 aliphatic carbocycles. The molecule has 1 saturated heterocycles. The zero-order chi connectivity index (χ0) is 18.5. The summed E-state index contributed by atoms with van der Waals surface area (Å²) < 4.78 is 10.3. The minimum absolute atomic E-state index is 0.0104. The molecule has 3 amide bonds. The van der Waals surface area contributed by atoms with Gasteiger partial charge in [0.25, 0.3) is 0 Å². The van der Waals surface area contributed by atoms with Crippen molar-refractivity contribution in [1.29, 1.82) is 0 Å². The Labute approximate surface area is 152 Å². The summed E-state index contributed by atoms with van der Waals surface area (Å²) in [6.07, 6.45) is 0. The van der Waals surface area contributed by atoms with Crippen molar-refractivity contribution in [2.45, 2.75) is 0 Å². The maximum Gasteiger partial charge on any atom is 0.325 e. The molecule has 1 aliphatic heterocycles. The molecule has 136 valence electrons. The Hall–Kier alpha value is -3.22. The number of hydrogen-bond donors (Lipinski definition) is 1. The van der Waals surface area contributed by atoms with Gasteiger partial charge < -0.3 is 19.7 Å². The van der Waals surface area contributed by atoms with E-state index in [1.807, 2.05) is 24.3 Å². The molecule has 7 nitrogen and oxygen atoms in total. The van der Waals surface area contributed by atoms with Gasteiger partial charge in [0.2, 0.25) is 5.91 Å². The molecule has 1 aliphatic rings. The van der Waals surface area contributed by atoms with Crippen molar-refractivity contribution in [3.8, 4) is 11.5 Å². The fourth-order valence-electron chi connectivity index (χ4n) is 2.84. The lowest BCUT2D eigenvalue weighted by Crippen LogP contribution is -2.37. The van der Waals surface area contributed by atoms with Gasteiger partial charge in [-0.05, 0) is 36.4 Å². The van der Waals surface area contributed by atoms with Crippen molar-refractivity contribution < 1.29 is 19.1 Å². The first-order chi connectivity index (χ1) is 12.6. The van der Waals surface area contributed by atoms with Crippen LogP contribution in [0.4, 0.5) is 16.2 Å². The molecular weight excluding hydrogens is 334 g/mol. The van der Waals surface area contributed by atoms with Crippen LogP contribution in [0.5, 0.6) is 11.5 Å². The van der Waals surface area contributed by atoms with E-state index in [1.54, 1.807) is 43.4 Å². The van der Waals surface area contributed by atoms with Gasteiger partial charge in [0.05, 0.1) is 19.9 Å². The Bertz CT molecular complexity index is 792. The first kappa shape index (κ1) is 17.6. The average molecular weight is 355 g/mol. The van der Waals surface area contributed by atoms with Gasteiger partial charge in [-0.15, -0.1) is 0 Å². The molecule has 2 aromatic carbocycles. The molecule has 0 aromatic heterocycles. The number of nitrogens with zero attached hydrogens (tertiary/aromatic N) is 2. The standard InChI is InChI=1S/C19H21N3O4/c1-25-15-9-7-14(8-10-15)22-12-11-21(19(22)24)13-18(23)20-16-5-3-4-6-17(16)26-2/h3-10H,11-13H2,1-2H3,(H,20,23). The minimum Gasteiger partial charge on any atom is -0.497 e. The molecule has 2 aromatic rings. The number of carbonyl (C=O) groups is 2. The van der Waals surface area contributed by atoms with Crippen LogP contribution in [0.2, 0.25) is 0 Å². The summed E-state index contributed by atoms with van der Waals surface area (Å²) in [6.45, 7) is 1.01. The van der Waals surface area contributed by atoms with Gasteiger partial charge in [-0.25, -0.2) is 4.79 Å². The highest BCUT2D eigenvalue weighted by molar-refractivity contribution is 5.99. The Morgan fingerprint density at radius 3 is 2.46 bits per heavy atom. The van der Waals surface area contributed by atoms with E-state index in [0.29, 0.717) is 24.5 Å². The van der Waals surface area contributed by atoms with Crippen molar-refractivity contribution in [2.75, 3.05) is 44.1 Å². The number of anilines is 2. The summed E-state index contributed by atoms with van der Waals surface area (Å²) >= 11 is 0. The first-order valence-electron chi connectivity index (χ1n) is 8.25. The van der Waals surface area contributed by atoms with Crippen LogP contribution in [0.3, 0.4) is 0 Å². The third-order valence-corrected chi connectivity index (χ3v) is 4.19. The summed E-state index contributed by atoms with van der Waals surface area (Å²) in [4.78, 5) is 28.1. The summed E-state index contributed by atoms with van der Waals surface area (Å²) in [5.74, 6) is 1.04. The molecule has 0 spiro atoms. The number of rotatable bonds is 6. The molecule has 1 heterocycles. The van der Waals surface area contributed by atoms with E-state index in [2.05, 4.69) is 5.32 Å².